The van der Waals surface area contributed by atoms with Gasteiger partial charge in [0, 0.05) is 29.8 Å². The second-order valence-electron chi connectivity index (χ2n) is 11.9. The van der Waals surface area contributed by atoms with Crippen LogP contribution in [0.3, 0.4) is 0 Å². The molecule has 1 amide bonds. The number of nitrogens with zero attached hydrogens (tertiary/aromatic N) is 2. The number of benzene rings is 2. The Balaban J connectivity index is 0.00000316. The molecule has 1 aromatic heterocycles. The van der Waals surface area contributed by atoms with Gasteiger partial charge in [-0.1, -0.05) is 6.07 Å². The van der Waals surface area contributed by atoms with Crippen LogP contribution in [0, 0.1) is 29.4 Å². The first kappa shape index (κ1) is 29.1. The first-order chi connectivity index (χ1) is 19.6. The van der Waals surface area contributed by atoms with Crippen LogP contribution in [0.25, 0.3) is 11.5 Å². The summed E-state index contributed by atoms with van der Waals surface area (Å²) in [6.07, 6.45) is 3.69. The third kappa shape index (κ3) is 4.79. The summed E-state index contributed by atoms with van der Waals surface area (Å²) < 4.78 is 78.9. The number of carbonyl (C=O) groups excluding carboxylic acids is 1. The number of fused-ring (bicyclic) bond motifs is 1. The van der Waals surface area contributed by atoms with Gasteiger partial charge in [-0.2, -0.15) is 13.2 Å². The molecule has 0 bridgehead atoms. The molecule has 1 unspecified atom stereocenters. The van der Waals surface area contributed by atoms with E-state index in [0.717, 1.165) is 23.1 Å². The molecule has 3 fully saturated rings. The number of aromatic nitrogens is 1. The molecule has 2 N–H and O–H groups in total. The Morgan fingerprint density at radius 3 is 2.26 bits per heavy atom. The Morgan fingerprint density at radius 1 is 1.07 bits per heavy atom. The van der Waals surface area contributed by atoms with Crippen LogP contribution in [0.2, 0.25) is 0 Å². The highest BCUT2D eigenvalue weighted by Gasteiger charge is 2.58. The maximum absolute atomic E-state index is 15.0. The van der Waals surface area contributed by atoms with Gasteiger partial charge in [-0.05, 0) is 80.5 Å². The molecule has 2 heterocycles. The van der Waals surface area contributed by atoms with Crippen molar-refractivity contribution in [2.45, 2.75) is 62.4 Å². The van der Waals surface area contributed by atoms with E-state index in [-0.39, 0.29) is 48.1 Å². The minimum Gasteiger partial charge on any atom is -0.445 e. The molecule has 0 spiro atoms. The van der Waals surface area contributed by atoms with Crippen LogP contribution in [0.1, 0.15) is 55.2 Å². The van der Waals surface area contributed by atoms with Crippen molar-refractivity contribution in [1.29, 1.82) is 0 Å². The maximum atomic E-state index is 15.0. The second-order valence-corrected chi connectivity index (χ2v) is 11.9. The van der Waals surface area contributed by atoms with E-state index in [4.69, 9.17) is 4.42 Å². The summed E-state index contributed by atoms with van der Waals surface area (Å²) in [4.78, 5) is 18.9. The minimum atomic E-state index is -5.08. The molecule has 2 aromatic carbocycles. The van der Waals surface area contributed by atoms with Crippen LogP contribution in [-0.4, -0.2) is 34.6 Å². The number of aliphatic hydroxyl groups is 1. The third-order valence-corrected chi connectivity index (χ3v) is 9.00. The number of rotatable bonds is 8. The fourth-order valence-corrected chi connectivity index (χ4v) is 6.72. The lowest BCUT2D eigenvalue weighted by molar-refractivity contribution is -0.142. The van der Waals surface area contributed by atoms with Crippen molar-refractivity contribution >= 4 is 24.0 Å². The highest BCUT2D eigenvalue weighted by molar-refractivity contribution is 6.10. The number of hydrogen-bond donors (Lipinski definition) is 2. The molecule has 1 aliphatic heterocycles. The summed E-state index contributed by atoms with van der Waals surface area (Å²) in [7, 11) is 0. The number of nitrogens with one attached hydrogen (secondary N) is 1. The second kappa shape index (κ2) is 10.3. The monoisotopic (exact) mass is 609 g/mol. The van der Waals surface area contributed by atoms with Crippen molar-refractivity contribution in [3.05, 3.63) is 71.1 Å². The number of hydrogen-bond acceptors (Lipinski definition) is 5. The Labute approximate surface area is 244 Å². The Morgan fingerprint density at radius 2 is 1.71 bits per heavy atom. The topological polar surface area (TPSA) is 78.6 Å². The van der Waals surface area contributed by atoms with E-state index in [1.807, 2.05) is 0 Å². The molecule has 3 aliphatic carbocycles. The molecular formula is C30H29ClF5N3O3. The van der Waals surface area contributed by atoms with E-state index in [1.165, 1.54) is 44.2 Å². The highest BCUT2D eigenvalue weighted by Crippen LogP contribution is 2.53. The van der Waals surface area contributed by atoms with Crippen LogP contribution >= 0.6 is 12.4 Å². The molecule has 12 heteroatoms. The molecule has 1 atom stereocenters. The Hall–Kier alpha value is -3.02. The maximum Gasteiger partial charge on any atom is 0.416 e. The van der Waals surface area contributed by atoms with E-state index in [2.05, 4.69) is 10.3 Å². The zero-order valence-corrected chi connectivity index (χ0v) is 23.2. The van der Waals surface area contributed by atoms with E-state index >= 15 is 8.78 Å². The zero-order chi connectivity index (χ0) is 28.7. The average molecular weight is 610 g/mol. The van der Waals surface area contributed by atoms with Crippen molar-refractivity contribution in [3.63, 3.8) is 0 Å². The molecule has 0 radical (unpaired) electrons. The zero-order valence-electron chi connectivity index (χ0n) is 22.3. The van der Waals surface area contributed by atoms with Crippen molar-refractivity contribution in [2.24, 2.45) is 17.8 Å². The first-order valence-electron chi connectivity index (χ1n) is 14.0. The summed E-state index contributed by atoms with van der Waals surface area (Å²) in [5, 5.41) is 15.5. The quantitative estimate of drug-likeness (QED) is 0.298. The fraction of sp³-hybridized carbons (Fsp3) is 0.467. The van der Waals surface area contributed by atoms with Gasteiger partial charge in [-0.25, -0.2) is 13.8 Å². The lowest BCUT2D eigenvalue weighted by Crippen LogP contribution is -2.52. The molecule has 42 heavy (non-hydrogen) atoms. The molecular weight excluding hydrogens is 581 g/mol. The SMILES string of the molecule is Cl.O=C1N(CC2CC(NC(C3CC3)C3CC3)C2)c2cc(-c3ncco3)cc(C(F)(F)F)c2C1(O)c1c(F)cccc1F. The molecule has 3 saturated carbocycles. The number of halogens is 6. The Kier molecular flexibility index (Phi) is 7.14. The lowest BCUT2D eigenvalue weighted by atomic mass is 9.79. The van der Waals surface area contributed by atoms with E-state index in [9.17, 15) is 23.1 Å². The Bertz CT molecular complexity index is 1470. The van der Waals surface area contributed by atoms with Gasteiger partial charge in [0.05, 0.1) is 23.0 Å². The van der Waals surface area contributed by atoms with Crippen LogP contribution in [0.4, 0.5) is 27.6 Å². The smallest absolute Gasteiger partial charge is 0.416 e. The summed E-state index contributed by atoms with van der Waals surface area (Å²) in [5.41, 5.74) is -7.00. The molecule has 0 saturated heterocycles. The van der Waals surface area contributed by atoms with Gasteiger partial charge in [0.2, 0.25) is 11.5 Å². The van der Waals surface area contributed by atoms with Crippen LogP contribution in [0.5, 0.6) is 0 Å². The van der Waals surface area contributed by atoms with Gasteiger partial charge in [0.25, 0.3) is 5.91 Å². The predicted octanol–water partition coefficient (Wildman–Crippen LogP) is 6.20. The number of oxazole rings is 1. The summed E-state index contributed by atoms with van der Waals surface area (Å²) in [6, 6.07) is 5.29. The third-order valence-electron chi connectivity index (χ3n) is 9.00. The van der Waals surface area contributed by atoms with Crippen molar-refractivity contribution in [3.8, 4) is 11.5 Å². The van der Waals surface area contributed by atoms with Crippen molar-refractivity contribution < 1.29 is 36.3 Å². The fourth-order valence-electron chi connectivity index (χ4n) is 6.72. The number of alkyl halides is 3. The van der Waals surface area contributed by atoms with Gasteiger partial charge in [0.15, 0.2) is 0 Å². The van der Waals surface area contributed by atoms with Gasteiger partial charge in [0.1, 0.15) is 17.9 Å². The van der Waals surface area contributed by atoms with Crippen molar-refractivity contribution in [2.75, 3.05) is 11.4 Å². The van der Waals surface area contributed by atoms with Crippen LogP contribution in [0.15, 0.2) is 47.2 Å². The summed E-state index contributed by atoms with van der Waals surface area (Å²) >= 11 is 0. The standard InChI is InChI=1S/C30H28F5N3O3.ClH/c31-21-2-1-3-22(32)25(21)29(40)24-20(30(33,34)35)12-18(27-36-8-9-41-27)13-23(24)38(28(29)39)14-15-10-19(11-15)37-26(16-4-5-16)17-6-7-17;/h1-3,8-9,12-13,15-17,19,26,37,40H,4-7,10-11,14H2;1H. The predicted molar refractivity (Wildman–Crippen MR) is 145 cm³/mol. The van der Waals surface area contributed by atoms with Crippen LogP contribution in [-0.2, 0) is 16.6 Å². The van der Waals surface area contributed by atoms with Gasteiger partial charge < -0.3 is 19.7 Å². The van der Waals surface area contributed by atoms with Gasteiger partial charge in [-0.15, -0.1) is 12.4 Å². The molecule has 6 nitrogen and oxygen atoms in total. The van der Waals surface area contributed by atoms with Gasteiger partial charge in [-0.3, -0.25) is 4.79 Å². The van der Waals surface area contributed by atoms with Crippen molar-refractivity contribution in [1.82, 2.24) is 10.3 Å². The minimum absolute atomic E-state index is 0. The highest BCUT2D eigenvalue weighted by atomic mass is 35.5. The van der Waals surface area contributed by atoms with Gasteiger partial charge >= 0.3 is 6.18 Å². The number of anilines is 1. The van der Waals surface area contributed by atoms with E-state index < -0.39 is 46.0 Å². The van der Waals surface area contributed by atoms with Crippen LogP contribution < -0.4 is 10.2 Å². The average Bonchev–Trinajstić information content (AvgIpc) is 3.84. The summed E-state index contributed by atoms with van der Waals surface area (Å²) in [6.45, 7) is -0.00769. The number of amides is 1. The normalized spacial score (nSPS) is 25.4. The molecule has 4 aliphatic rings. The largest absolute Gasteiger partial charge is 0.445 e. The first-order valence-corrected chi connectivity index (χ1v) is 14.0. The van der Waals surface area contributed by atoms with E-state index in [1.54, 1.807) is 0 Å². The molecule has 224 valence electrons. The molecule has 7 rings (SSSR count). The van der Waals surface area contributed by atoms with E-state index in [0.29, 0.717) is 36.8 Å². The lowest BCUT2D eigenvalue weighted by Gasteiger charge is -2.40. The number of carbonyl (C=O) groups is 1. The molecule has 3 aromatic rings. The summed E-state index contributed by atoms with van der Waals surface area (Å²) in [5.74, 6) is -2.66.